The van der Waals surface area contributed by atoms with Crippen LogP contribution < -0.4 is 5.32 Å². The van der Waals surface area contributed by atoms with E-state index in [-0.39, 0.29) is 23.8 Å². The predicted molar refractivity (Wildman–Crippen MR) is 90.8 cm³/mol. The van der Waals surface area contributed by atoms with Gasteiger partial charge in [0, 0.05) is 36.3 Å². The third-order valence-corrected chi connectivity index (χ3v) is 5.82. The van der Waals surface area contributed by atoms with Gasteiger partial charge < -0.3 is 15.1 Å². The van der Waals surface area contributed by atoms with Gasteiger partial charge >= 0.3 is 6.03 Å². The van der Waals surface area contributed by atoms with E-state index in [4.69, 9.17) is 0 Å². The van der Waals surface area contributed by atoms with Crippen LogP contribution in [-0.2, 0) is 0 Å². The molecular weight excluding hydrogens is 329 g/mol. The Labute approximate surface area is 143 Å². The molecule has 24 heavy (non-hydrogen) atoms. The molecule has 0 aliphatic carbocycles. The van der Waals surface area contributed by atoms with Crippen molar-refractivity contribution in [3.63, 3.8) is 0 Å². The Balaban J connectivity index is 1.54. The Hall–Kier alpha value is -2.15. The van der Waals surface area contributed by atoms with Gasteiger partial charge in [0.1, 0.15) is 5.82 Å². The maximum Gasteiger partial charge on any atom is 0.317 e. The number of urea groups is 1. The van der Waals surface area contributed by atoms with E-state index in [1.165, 1.54) is 17.4 Å². The van der Waals surface area contributed by atoms with E-state index in [0.29, 0.717) is 36.4 Å². The molecule has 7 heteroatoms. The second kappa shape index (κ2) is 6.05. The molecule has 5 nitrogen and oxygen atoms in total. The minimum absolute atomic E-state index is 0.0433. The van der Waals surface area contributed by atoms with Crippen molar-refractivity contribution in [3.05, 3.63) is 35.0 Å². The van der Waals surface area contributed by atoms with E-state index < -0.39 is 0 Å². The van der Waals surface area contributed by atoms with E-state index in [0.717, 1.165) is 17.5 Å². The van der Waals surface area contributed by atoms with Crippen LogP contribution >= 0.6 is 11.3 Å². The number of rotatable bonds is 2. The number of carbonyl (C=O) groups excluding carboxylic acids is 2. The molecule has 4 rings (SSSR count). The van der Waals surface area contributed by atoms with Crippen LogP contribution in [0.1, 0.15) is 22.5 Å². The molecule has 0 radical (unpaired) electrons. The fraction of sp³-hybridized carbons (Fsp3) is 0.412. The highest BCUT2D eigenvalue weighted by molar-refractivity contribution is 7.20. The van der Waals surface area contributed by atoms with E-state index in [1.807, 2.05) is 11.0 Å². The average molecular weight is 347 g/mol. The number of likely N-dealkylation sites (tertiary alicyclic amines) is 1. The fourth-order valence-electron chi connectivity index (χ4n) is 3.51. The van der Waals surface area contributed by atoms with Crippen LogP contribution in [0.4, 0.5) is 9.18 Å². The van der Waals surface area contributed by atoms with Crippen LogP contribution in [0.2, 0.25) is 0 Å². The third kappa shape index (κ3) is 2.62. The summed E-state index contributed by atoms with van der Waals surface area (Å²) in [5.41, 5.74) is 0. The van der Waals surface area contributed by atoms with E-state index >= 15 is 0 Å². The molecule has 2 aliphatic heterocycles. The summed E-state index contributed by atoms with van der Waals surface area (Å²) in [5, 5.41) is 3.31. The Morgan fingerprint density at radius 3 is 2.96 bits per heavy atom. The van der Waals surface area contributed by atoms with Gasteiger partial charge in [-0.05, 0) is 31.0 Å². The third-order valence-electron chi connectivity index (χ3n) is 4.73. The topological polar surface area (TPSA) is 52.7 Å². The first kappa shape index (κ1) is 15.4. The van der Waals surface area contributed by atoms with Crippen molar-refractivity contribution < 1.29 is 14.0 Å². The van der Waals surface area contributed by atoms with Gasteiger partial charge in [0.15, 0.2) is 0 Å². The maximum atomic E-state index is 13.8. The zero-order valence-corrected chi connectivity index (χ0v) is 13.9. The van der Waals surface area contributed by atoms with Crippen LogP contribution in [0.15, 0.2) is 24.3 Å². The molecule has 2 fully saturated rings. The number of piperidine rings is 1. The van der Waals surface area contributed by atoms with Crippen LogP contribution in [0.3, 0.4) is 0 Å². The van der Waals surface area contributed by atoms with Gasteiger partial charge in [0.2, 0.25) is 0 Å². The number of hydrogen-bond acceptors (Lipinski definition) is 3. The molecule has 1 N–H and O–H groups in total. The monoisotopic (exact) mass is 347 g/mol. The van der Waals surface area contributed by atoms with Gasteiger partial charge in [-0.1, -0.05) is 6.07 Å². The number of hydrogen-bond donors (Lipinski definition) is 1. The molecule has 2 aromatic rings. The first-order chi connectivity index (χ1) is 11.6. The zero-order valence-electron chi connectivity index (χ0n) is 13.1. The van der Waals surface area contributed by atoms with Crippen LogP contribution in [0, 0.1) is 5.82 Å². The highest BCUT2D eigenvalue weighted by Crippen LogP contribution is 2.29. The smallest absolute Gasteiger partial charge is 0.317 e. The van der Waals surface area contributed by atoms with Crippen molar-refractivity contribution in [2.45, 2.75) is 18.9 Å². The first-order valence-electron chi connectivity index (χ1n) is 8.15. The Kier molecular flexibility index (Phi) is 3.88. The fourth-order valence-corrected chi connectivity index (χ4v) is 4.56. The van der Waals surface area contributed by atoms with Gasteiger partial charge in [-0.3, -0.25) is 4.79 Å². The predicted octanol–water partition coefficient (Wildman–Crippen LogP) is 2.67. The lowest BCUT2D eigenvalue weighted by Crippen LogP contribution is -2.50. The van der Waals surface area contributed by atoms with Crippen LogP contribution in [0.5, 0.6) is 0 Å². The molecule has 1 unspecified atom stereocenters. The minimum atomic E-state index is -0.298. The normalized spacial score (nSPS) is 21.4. The Morgan fingerprint density at radius 2 is 2.21 bits per heavy atom. The largest absolute Gasteiger partial charge is 0.336 e. The molecule has 126 valence electrons. The molecule has 2 saturated heterocycles. The van der Waals surface area contributed by atoms with Gasteiger partial charge in [0.05, 0.1) is 10.9 Å². The van der Waals surface area contributed by atoms with Gasteiger partial charge in [-0.2, -0.15) is 0 Å². The van der Waals surface area contributed by atoms with Crippen molar-refractivity contribution in [1.82, 2.24) is 15.1 Å². The van der Waals surface area contributed by atoms with Crippen LogP contribution in [-0.4, -0.2) is 54.0 Å². The summed E-state index contributed by atoms with van der Waals surface area (Å²) in [4.78, 5) is 28.8. The van der Waals surface area contributed by atoms with Gasteiger partial charge in [-0.15, -0.1) is 11.3 Å². The Bertz CT molecular complexity index is 806. The highest BCUT2D eigenvalue weighted by atomic mass is 32.1. The molecule has 0 bridgehead atoms. The van der Waals surface area contributed by atoms with Crippen molar-refractivity contribution in [2.24, 2.45) is 0 Å². The number of carbonyl (C=O) groups is 2. The molecule has 1 aromatic carbocycles. The molecule has 3 amide bonds. The lowest BCUT2D eigenvalue weighted by atomic mass is 10.0. The number of benzene rings is 1. The molecule has 1 aromatic heterocycles. The summed E-state index contributed by atoms with van der Waals surface area (Å²) in [7, 11) is 0. The van der Waals surface area contributed by atoms with Gasteiger partial charge in [0.25, 0.3) is 5.91 Å². The number of nitrogens with one attached hydrogen (secondary N) is 1. The lowest BCUT2D eigenvalue weighted by molar-refractivity contribution is 0.0639. The van der Waals surface area contributed by atoms with E-state index in [1.54, 1.807) is 17.0 Å². The summed E-state index contributed by atoms with van der Waals surface area (Å²) in [5.74, 6) is -0.368. The quantitative estimate of drug-likeness (QED) is 0.908. The first-order valence-corrected chi connectivity index (χ1v) is 8.97. The molecule has 0 saturated carbocycles. The summed E-state index contributed by atoms with van der Waals surface area (Å²) in [6.45, 7) is 2.59. The number of fused-ring (bicyclic) bond motifs is 1. The number of amides is 3. The number of nitrogens with zero attached hydrogens (tertiary/aromatic N) is 2. The van der Waals surface area contributed by atoms with Crippen molar-refractivity contribution in [1.29, 1.82) is 0 Å². The second-order valence-corrected chi connectivity index (χ2v) is 7.32. The number of thiophene rings is 1. The maximum absolute atomic E-state index is 13.8. The van der Waals surface area contributed by atoms with Crippen molar-refractivity contribution in [3.8, 4) is 0 Å². The van der Waals surface area contributed by atoms with E-state index in [9.17, 15) is 14.0 Å². The average Bonchev–Trinajstić information content (AvgIpc) is 3.21. The zero-order chi connectivity index (χ0) is 16.7. The van der Waals surface area contributed by atoms with Crippen molar-refractivity contribution in [2.75, 3.05) is 26.2 Å². The second-order valence-electron chi connectivity index (χ2n) is 6.23. The summed E-state index contributed by atoms with van der Waals surface area (Å²) in [6, 6.07) is 6.56. The number of halogens is 1. The summed E-state index contributed by atoms with van der Waals surface area (Å²) >= 11 is 1.32. The lowest BCUT2D eigenvalue weighted by Gasteiger charge is -2.36. The molecule has 2 aliphatic rings. The van der Waals surface area contributed by atoms with Crippen LogP contribution in [0.25, 0.3) is 10.1 Å². The summed E-state index contributed by atoms with van der Waals surface area (Å²) in [6.07, 6.45) is 1.79. The Morgan fingerprint density at radius 1 is 1.33 bits per heavy atom. The molecule has 1 atom stereocenters. The molecular formula is C17H18FN3O2S. The van der Waals surface area contributed by atoms with Gasteiger partial charge in [-0.25, -0.2) is 9.18 Å². The summed E-state index contributed by atoms with van der Waals surface area (Å²) < 4.78 is 14.6. The SMILES string of the molecule is O=C(c1cc2c(F)cccc2s1)N1CCCC(N2CCNC2=O)C1. The molecule has 3 heterocycles. The standard InChI is InChI=1S/C17H18FN3O2S/c18-13-4-1-5-14-12(13)9-15(24-14)16(22)20-7-2-3-11(10-20)21-8-6-19-17(21)23/h1,4-5,9,11H,2-3,6-8,10H2,(H,19,23). The molecule has 0 spiro atoms. The highest BCUT2D eigenvalue weighted by Gasteiger charge is 2.33. The van der Waals surface area contributed by atoms with Crippen molar-refractivity contribution >= 4 is 33.4 Å². The van der Waals surface area contributed by atoms with E-state index in [2.05, 4.69) is 5.32 Å². The minimum Gasteiger partial charge on any atom is -0.336 e.